The lowest BCUT2D eigenvalue weighted by atomic mass is 10.1. The van der Waals surface area contributed by atoms with Gasteiger partial charge in [-0.1, -0.05) is 18.2 Å². The average molecular weight is 552 g/mol. The molecule has 1 aliphatic rings. The van der Waals surface area contributed by atoms with Crippen LogP contribution < -0.4 is 10.6 Å². The number of hydrogen-bond acceptors (Lipinski definition) is 2. The first-order valence-corrected chi connectivity index (χ1v) is 11.2. The molecule has 174 valence electrons. The number of aryl methyl sites for hydroxylation is 1. The summed E-state index contributed by atoms with van der Waals surface area (Å²) in [6, 6.07) is 12.7. The number of guanidine groups is 1. The molecule has 0 unspecified atom stereocenters. The van der Waals surface area contributed by atoms with E-state index in [-0.39, 0.29) is 35.7 Å². The van der Waals surface area contributed by atoms with Crippen molar-refractivity contribution in [2.45, 2.75) is 46.1 Å². The first kappa shape index (κ1) is 26.1. The van der Waals surface area contributed by atoms with Crippen LogP contribution in [0.1, 0.15) is 53.2 Å². The molecule has 2 aromatic carbocycles. The van der Waals surface area contributed by atoms with Crippen LogP contribution >= 0.6 is 24.0 Å². The Bertz CT molecular complexity index is 913. The molecule has 1 heterocycles. The average Bonchev–Trinajstić information content (AvgIpc) is 2.79. The molecule has 1 fully saturated rings. The number of amides is 1. The van der Waals surface area contributed by atoms with E-state index in [4.69, 9.17) is 0 Å². The lowest BCUT2D eigenvalue weighted by Crippen LogP contribution is -2.38. The van der Waals surface area contributed by atoms with Gasteiger partial charge >= 0.3 is 0 Å². The van der Waals surface area contributed by atoms with Crippen LogP contribution in [0.25, 0.3) is 0 Å². The number of benzene rings is 2. The molecule has 32 heavy (non-hydrogen) atoms. The van der Waals surface area contributed by atoms with E-state index in [9.17, 15) is 9.18 Å². The zero-order chi connectivity index (χ0) is 22.1. The maximum atomic E-state index is 13.3. The predicted octanol–water partition coefficient (Wildman–Crippen LogP) is 4.68. The van der Waals surface area contributed by atoms with E-state index in [1.807, 2.05) is 49.1 Å². The molecule has 7 heteroatoms. The normalized spacial score (nSPS) is 14.0. The Balaban J connectivity index is 0.00000363. The van der Waals surface area contributed by atoms with Crippen molar-refractivity contribution < 1.29 is 9.18 Å². The SMILES string of the molecule is CCNC(=NCc1cccc(C(=O)N2CCCCC2)c1)NCCc1ccc(F)cc1C.I. The minimum atomic E-state index is -0.204. The maximum absolute atomic E-state index is 13.3. The van der Waals surface area contributed by atoms with Gasteiger partial charge in [0.05, 0.1) is 6.54 Å². The summed E-state index contributed by atoms with van der Waals surface area (Å²) in [5.74, 6) is 0.644. The Kier molecular flexibility index (Phi) is 10.9. The monoisotopic (exact) mass is 552 g/mol. The van der Waals surface area contributed by atoms with Crippen LogP contribution in [0, 0.1) is 12.7 Å². The summed E-state index contributed by atoms with van der Waals surface area (Å²) < 4.78 is 13.3. The highest BCUT2D eigenvalue weighted by Crippen LogP contribution is 2.15. The zero-order valence-corrected chi connectivity index (χ0v) is 21.3. The molecule has 1 amide bonds. The van der Waals surface area contributed by atoms with Gasteiger partial charge in [-0.05, 0) is 80.5 Å². The number of carbonyl (C=O) groups excluding carboxylic acids is 1. The summed E-state index contributed by atoms with van der Waals surface area (Å²) in [6.07, 6.45) is 4.17. The second-order valence-electron chi connectivity index (χ2n) is 8.00. The van der Waals surface area contributed by atoms with Gasteiger partial charge in [-0.25, -0.2) is 9.38 Å². The highest BCUT2D eigenvalue weighted by Gasteiger charge is 2.18. The molecule has 0 radical (unpaired) electrons. The van der Waals surface area contributed by atoms with Crippen LogP contribution in [0.15, 0.2) is 47.5 Å². The van der Waals surface area contributed by atoms with Crippen molar-refractivity contribution in [2.24, 2.45) is 4.99 Å². The van der Waals surface area contributed by atoms with Crippen LogP contribution in [0.2, 0.25) is 0 Å². The fraction of sp³-hybridized carbons (Fsp3) is 0.440. The lowest BCUT2D eigenvalue weighted by Gasteiger charge is -2.26. The molecule has 3 rings (SSSR count). The Labute approximate surface area is 207 Å². The Hall–Kier alpha value is -2.16. The van der Waals surface area contributed by atoms with Gasteiger partial charge in [-0.15, -0.1) is 24.0 Å². The van der Waals surface area contributed by atoms with Crippen molar-refractivity contribution in [1.82, 2.24) is 15.5 Å². The topological polar surface area (TPSA) is 56.7 Å². The van der Waals surface area contributed by atoms with Gasteiger partial charge in [0.15, 0.2) is 5.96 Å². The van der Waals surface area contributed by atoms with Crippen molar-refractivity contribution >= 4 is 35.8 Å². The molecule has 0 bridgehead atoms. The predicted molar refractivity (Wildman–Crippen MR) is 139 cm³/mol. The second-order valence-corrected chi connectivity index (χ2v) is 8.00. The minimum absolute atomic E-state index is 0. The van der Waals surface area contributed by atoms with Gasteiger partial charge in [0.1, 0.15) is 5.82 Å². The van der Waals surface area contributed by atoms with Crippen molar-refractivity contribution in [1.29, 1.82) is 0 Å². The molecule has 2 N–H and O–H groups in total. The van der Waals surface area contributed by atoms with Crippen molar-refractivity contribution in [3.8, 4) is 0 Å². The van der Waals surface area contributed by atoms with Crippen molar-refractivity contribution in [2.75, 3.05) is 26.2 Å². The van der Waals surface area contributed by atoms with Gasteiger partial charge in [0.2, 0.25) is 0 Å². The molecule has 0 aromatic heterocycles. The van der Waals surface area contributed by atoms with Gasteiger partial charge in [-0.3, -0.25) is 4.79 Å². The van der Waals surface area contributed by atoms with Gasteiger partial charge in [-0.2, -0.15) is 0 Å². The van der Waals surface area contributed by atoms with E-state index >= 15 is 0 Å². The molecule has 0 aliphatic carbocycles. The number of nitrogens with one attached hydrogen (secondary N) is 2. The van der Waals surface area contributed by atoms with E-state index in [1.54, 1.807) is 6.07 Å². The van der Waals surface area contributed by atoms with E-state index in [0.29, 0.717) is 13.1 Å². The van der Waals surface area contributed by atoms with Gasteiger partial charge < -0.3 is 15.5 Å². The van der Waals surface area contributed by atoms with E-state index in [0.717, 1.165) is 67.1 Å². The summed E-state index contributed by atoms with van der Waals surface area (Å²) in [5.41, 5.74) is 3.82. The summed E-state index contributed by atoms with van der Waals surface area (Å²) in [5, 5.41) is 6.60. The highest BCUT2D eigenvalue weighted by atomic mass is 127. The maximum Gasteiger partial charge on any atom is 0.253 e. The molecule has 5 nitrogen and oxygen atoms in total. The van der Waals surface area contributed by atoms with Crippen LogP contribution in [0.5, 0.6) is 0 Å². The van der Waals surface area contributed by atoms with E-state index in [1.165, 1.54) is 12.5 Å². The van der Waals surface area contributed by atoms with Crippen molar-refractivity contribution in [3.63, 3.8) is 0 Å². The molecule has 1 aliphatic heterocycles. The highest BCUT2D eigenvalue weighted by molar-refractivity contribution is 14.0. The number of aliphatic imine (C=N–C) groups is 1. The molecule has 0 saturated carbocycles. The summed E-state index contributed by atoms with van der Waals surface area (Å²) >= 11 is 0. The largest absolute Gasteiger partial charge is 0.357 e. The molecular formula is C25H34FIN4O. The third kappa shape index (κ3) is 7.76. The number of halogens is 2. The summed E-state index contributed by atoms with van der Waals surface area (Å²) in [4.78, 5) is 19.4. The fourth-order valence-corrected chi connectivity index (χ4v) is 3.85. The van der Waals surface area contributed by atoms with Crippen LogP contribution in [-0.2, 0) is 13.0 Å². The zero-order valence-electron chi connectivity index (χ0n) is 19.0. The second kappa shape index (κ2) is 13.4. The van der Waals surface area contributed by atoms with Gasteiger partial charge in [0.25, 0.3) is 5.91 Å². The quantitative estimate of drug-likeness (QED) is 0.298. The number of rotatable bonds is 7. The molecule has 0 spiro atoms. The first-order chi connectivity index (χ1) is 15.1. The molecular weight excluding hydrogens is 518 g/mol. The fourth-order valence-electron chi connectivity index (χ4n) is 3.85. The minimum Gasteiger partial charge on any atom is -0.357 e. The van der Waals surface area contributed by atoms with Crippen LogP contribution in [0.3, 0.4) is 0 Å². The first-order valence-electron chi connectivity index (χ1n) is 11.2. The molecule has 1 saturated heterocycles. The summed E-state index contributed by atoms with van der Waals surface area (Å²) in [7, 11) is 0. The van der Waals surface area contributed by atoms with Crippen LogP contribution in [-0.4, -0.2) is 42.9 Å². The third-order valence-corrected chi connectivity index (χ3v) is 5.57. The van der Waals surface area contributed by atoms with E-state index in [2.05, 4.69) is 15.6 Å². The Morgan fingerprint density at radius 3 is 2.59 bits per heavy atom. The smallest absolute Gasteiger partial charge is 0.253 e. The Morgan fingerprint density at radius 2 is 1.88 bits per heavy atom. The number of piperidine rings is 1. The number of nitrogens with zero attached hydrogens (tertiary/aromatic N) is 2. The Morgan fingerprint density at radius 1 is 1.09 bits per heavy atom. The van der Waals surface area contributed by atoms with Crippen molar-refractivity contribution in [3.05, 3.63) is 70.5 Å². The molecule has 2 aromatic rings. The van der Waals surface area contributed by atoms with E-state index < -0.39 is 0 Å². The standard InChI is InChI=1S/C25H33FN4O.HI/c1-3-27-25(28-13-12-21-10-11-23(26)16-19(21)2)29-18-20-8-7-9-22(17-20)24(31)30-14-5-4-6-15-30;/h7-11,16-17H,3-6,12-15,18H2,1-2H3,(H2,27,28,29);1H. The molecule has 0 atom stereocenters. The van der Waals surface area contributed by atoms with Gasteiger partial charge in [0, 0.05) is 31.7 Å². The number of hydrogen-bond donors (Lipinski definition) is 2. The summed E-state index contributed by atoms with van der Waals surface area (Å²) in [6.45, 7) is 7.61. The number of carbonyl (C=O) groups is 1. The lowest BCUT2D eigenvalue weighted by molar-refractivity contribution is 0.0724. The third-order valence-electron chi connectivity index (χ3n) is 5.57. The van der Waals surface area contributed by atoms with Crippen LogP contribution in [0.4, 0.5) is 4.39 Å². The number of likely N-dealkylation sites (tertiary alicyclic amines) is 1.